The van der Waals surface area contributed by atoms with E-state index in [1.54, 1.807) is 30.3 Å². The van der Waals surface area contributed by atoms with E-state index < -0.39 is 5.91 Å². The average Bonchev–Trinajstić information content (AvgIpc) is 3.28. The van der Waals surface area contributed by atoms with Gasteiger partial charge in [-0.15, -0.1) is 0 Å². The van der Waals surface area contributed by atoms with E-state index in [4.69, 9.17) is 13.9 Å². The maximum atomic E-state index is 12.5. The molecule has 0 atom stereocenters. The molecule has 0 fully saturated rings. The van der Waals surface area contributed by atoms with Crippen LogP contribution in [0.2, 0.25) is 0 Å². The first-order valence-corrected chi connectivity index (χ1v) is 12.2. The fourth-order valence-corrected chi connectivity index (χ4v) is 4.09. The number of halogens is 2. The Bertz CT molecular complexity index is 1460. The van der Waals surface area contributed by atoms with Crippen molar-refractivity contribution >= 4 is 55.0 Å². The zero-order chi connectivity index (χ0) is 24.8. The summed E-state index contributed by atoms with van der Waals surface area (Å²) in [5.74, 6) is 0.721. The molecule has 0 bridgehead atoms. The van der Waals surface area contributed by atoms with Crippen LogP contribution < -0.4 is 14.9 Å². The van der Waals surface area contributed by atoms with Crippen molar-refractivity contribution in [1.29, 1.82) is 5.26 Å². The lowest BCUT2D eigenvalue weighted by atomic mass is 10.1. The Morgan fingerprint density at radius 3 is 2.71 bits per heavy atom. The summed E-state index contributed by atoms with van der Waals surface area (Å²) in [7, 11) is 0. The van der Waals surface area contributed by atoms with Crippen LogP contribution in [0.4, 0.5) is 0 Å². The Morgan fingerprint density at radius 2 is 1.91 bits per heavy atom. The maximum absolute atomic E-state index is 12.5. The zero-order valence-corrected chi connectivity index (χ0v) is 21.7. The van der Waals surface area contributed by atoms with Crippen molar-refractivity contribution < 1.29 is 18.7 Å². The predicted molar refractivity (Wildman–Crippen MR) is 140 cm³/mol. The standard InChI is InChI=1S/C26H19Br2N3O4/c1-2-33-23-11-19(21(28)12-24(23)34-15-17-6-4-3-5-16(17)13-29)14-30-31-26(32)25-10-18-9-20(27)7-8-22(18)35-25/h3-12,14H,2,15H2,1H3,(H,31,32)/b30-14+. The molecule has 7 nitrogen and oxygen atoms in total. The van der Waals surface area contributed by atoms with E-state index in [0.717, 1.165) is 15.4 Å². The SMILES string of the molecule is CCOc1cc(/C=N/NC(=O)c2cc3cc(Br)ccc3o2)c(Br)cc1OCc1ccccc1C#N. The number of carbonyl (C=O) groups is 1. The Labute approximate surface area is 218 Å². The lowest BCUT2D eigenvalue weighted by Crippen LogP contribution is -2.16. The number of nitriles is 1. The van der Waals surface area contributed by atoms with Gasteiger partial charge in [-0.3, -0.25) is 4.79 Å². The van der Waals surface area contributed by atoms with Gasteiger partial charge in [-0.05, 0) is 65.3 Å². The molecule has 35 heavy (non-hydrogen) atoms. The molecule has 0 radical (unpaired) electrons. The van der Waals surface area contributed by atoms with Gasteiger partial charge in [0.1, 0.15) is 12.2 Å². The fourth-order valence-electron chi connectivity index (χ4n) is 3.28. The van der Waals surface area contributed by atoms with Crippen molar-refractivity contribution in [2.75, 3.05) is 6.61 Å². The van der Waals surface area contributed by atoms with Crippen molar-refractivity contribution in [1.82, 2.24) is 5.43 Å². The Balaban J connectivity index is 1.48. The third-order valence-electron chi connectivity index (χ3n) is 4.96. The molecule has 0 aliphatic carbocycles. The summed E-state index contributed by atoms with van der Waals surface area (Å²) in [6.07, 6.45) is 1.50. The Morgan fingerprint density at radius 1 is 1.11 bits per heavy atom. The van der Waals surface area contributed by atoms with E-state index in [-0.39, 0.29) is 12.4 Å². The fraction of sp³-hybridized carbons (Fsp3) is 0.115. The summed E-state index contributed by atoms with van der Waals surface area (Å²) in [5, 5.41) is 14.2. The van der Waals surface area contributed by atoms with Gasteiger partial charge in [0, 0.05) is 25.5 Å². The van der Waals surface area contributed by atoms with Crippen LogP contribution in [0.15, 0.2) is 79.1 Å². The van der Waals surface area contributed by atoms with Crippen molar-refractivity contribution in [2.45, 2.75) is 13.5 Å². The van der Waals surface area contributed by atoms with Gasteiger partial charge in [0.15, 0.2) is 17.3 Å². The molecule has 0 spiro atoms. The van der Waals surface area contributed by atoms with E-state index in [9.17, 15) is 10.1 Å². The van der Waals surface area contributed by atoms with Gasteiger partial charge in [-0.2, -0.15) is 10.4 Å². The summed E-state index contributed by atoms with van der Waals surface area (Å²) >= 11 is 6.92. The van der Waals surface area contributed by atoms with Gasteiger partial charge in [-0.25, -0.2) is 5.43 Å². The monoisotopic (exact) mass is 595 g/mol. The predicted octanol–water partition coefficient (Wildman–Crippen LogP) is 6.57. The molecule has 3 aromatic carbocycles. The lowest BCUT2D eigenvalue weighted by molar-refractivity contribution is 0.0929. The number of nitrogens with one attached hydrogen (secondary N) is 1. The van der Waals surface area contributed by atoms with E-state index in [2.05, 4.69) is 48.5 Å². The minimum absolute atomic E-state index is 0.158. The zero-order valence-electron chi connectivity index (χ0n) is 18.5. The van der Waals surface area contributed by atoms with Crippen LogP contribution in [0.1, 0.15) is 34.2 Å². The molecule has 1 aromatic heterocycles. The molecule has 9 heteroatoms. The second-order valence-corrected chi connectivity index (χ2v) is 9.07. The van der Waals surface area contributed by atoms with Crippen LogP contribution in [0.25, 0.3) is 11.0 Å². The summed E-state index contributed by atoms with van der Waals surface area (Å²) in [5.41, 5.74) is 5.10. The number of ether oxygens (including phenoxy) is 2. The Hall–Kier alpha value is -3.61. The molecule has 4 rings (SSSR count). The quantitative estimate of drug-likeness (QED) is 0.183. The number of fused-ring (bicyclic) bond motifs is 1. The number of rotatable bonds is 8. The van der Waals surface area contributed by atoms with Crippen LogP contribution in [0.5, 0.6) is 11.5 Å². The normalized spacial score (nSPS) is 10.9. The third-order valence-corrected chi connectivity index (χ3v) is 6.14. The largest absolute Gasteiger partial charge is 0.490 e. The summed E-state index contributed by atoms with van der Waals surface area (Å²) in [6, 6.07) is 20.1. The molecule has 0 aliphatic rings. The van der Waals surface area contributed by atoms with Gasteiger partial charge >= 0.3 is 5.91 Å². The highest BCUT2D eigenvalue weighted by atomic mass is 79.9. The first-order chi connectivity index (χ1) is 17.0. The highest BCUT2D eigenvalue weighted by Gasteiger charge is 2.14. The number of nitrogens with zero attached hydrogens (tertiary/aromatic N) is 2. The van der Waals surface area contributed by atoms with Crippen molar-refractivity contribution in [3.8, 4) is 17.6 Å². The third kappa shape index (κ3) is 5.91. The molecule has 0 saturated heterocycles. The van der Waals surface area contributed by atoms with Crippen LogP contribution in [0, 0.1) is 11.3 Å². The number of amides is 1. The van der Waals surface area contributed by atoms with Crippen LogP contribution in [-0.4, -0.2) is 18.7 Å². The highest BCUT2D eigenvalue weighted by Crippen LogP contribution is 2.34. The van der Waals surface area contributed by atoms with Gasteiger partial charge in [0.25, 0.3) is 0 Å². The minimum Gasteiger partial charge on any atom is -0.490 e. The lowest BCUT2D eigenvalue weighted by Gasteiger charge is -2.14. The van der Waals surface area contributed by atoms with Crippen LogP contribution in [-0.2, 0) is 6.61 Å². The number of benzene rings is 3. The van der Waals surface area contributed by atoms with Crippen LogP contribution in [0.3, 0.4) is 0 Å². The molecule has 0 saturated carbocycles. The van der Waals surface area contributed by atoms with Crippen LogP contribution >= 0.6 is 31.9 Å². The molecule has 1 N–H and O–H groups in total. The van der Waals surface area contributed by atoms with E-state index in [1.165, 1.54) is 6.21 Å². The van der Waals surface area contributed by atoms with E-state index in [0.29, 0.717) is 39.3 Å². The van der Waals surface area contributed by atoms with Gasteiger partial charge in [0.2, 0.25) is 0 Å². The molecule has 1 heterocycles. The molecular formula is C26H19Br2N3O4. The number of furan rings is 1. The molecule has 176 valence electrons. The van der Waals surface area contributed by atoms with Gasteiger partial charge < -0.3 is 13.9 Å². The van der Waals surface area contributed by atoms with Gasteiger partial charge in [0.05, 0.1) is 24.5 Å². The summed E-state index contributed by atoms with van der Waals surface area (Å²) < 4.78 is 18.9. The average molecular weight is 597 g/mol. The number of carbonyl (C=O) groups excluding carboxylic acids is 1. The highest BCUT2D eigenvalue weighted by molar-refractivity contribution is 9.10. The Kier molecular flexibility index (Phi) is 7.85. The number of hydrazone groups is 1. The molecule has 4 aromatic rings. The first-order valence-electron chi connectivity index (χ1n) is 10.6. The topological polar surface area (TPSA) is 96.8 Å². The van der Waals surface area contributed by atoms with Crippen molar-refractivity contribution in [3.05, 3.63) is 92.1 Å². The van der Waals surface area contributed by atoms with E-state index >= 15 is 0 Å². The van der Waals surface area contributed by atoms with Crippen molar-refractivity contribution in [3.63, 3.8) is 0 Å². The molecule has 0 aliphatic heterocycles. The second kappa shape index (κ2) is 11.2. The van der Waals surface area contributed by atoms with Gasteiger partial charge in [-0.1, -0.05) is 34.1 Å². The summed E-state index contributed by atoms with van der Waals surface area (Å²) in [4.78, 5) is 12.5. The van der Waals surface area contributed by atoms with Crippen molar-refractivity contribution in [2.24, 2.45) is 5.10 Å². The number of hydrogen-bond acceptors (Lipinski definition) is 6. The first kappa shape index (κ1) is 24.5. The molecule has 0 unspecified atom stereocenters. The molecular weight excluding hydrogens is 578 g/mol. The molecule has 1 amide bonds. The summed E-state index contributed by atoms with van der Waals surface area (Å²) in [6.45, 7) is 2.52. The number of hydrogen-bond donors (Lipinski definition) is 1. The minimum atomic E-state index is -0.467. The van der Waals surface area contributed by atoms with E-state index in [1.807, 2.05) is 37.3 Å². The second-order valence-electron chi connectivity index (χ2n) is 7.30. The smallest absolute Gasteiger partial charge is 0.307 e. The maximum Gasteiger partial charge on any atom is 0.307 e.